The summed E-state index contributed by atoms with van der Waals surface area (Å²) >= 11 is 0. The van der Waals surface area contributed by atoms with E-state index >= 15 is 0 Å². The lowest BCUT2D eigenvalue weighted by Crippen LogP contribution is -2.21. The molecule has 2 aromatic carbocycles. The van der Waals surface area contributed by atoms with E-state index in [0.29, 0.717) is 11.4 Å². The van der Waals surface area contributed by atoms with E-state index < -0.39 is 0 Å². The van der Waals surface area contributed by atoms with Crippen LogP contribution in [0.15, 0.2) is 73.3 Å². The summed E-state index contributed by atoms with van der Waals surface area (Å²) in [6.07, 6.45) is 10.5. The van der Waals surface area contributed by atoms with Gasteiger partial charge in [-0.3, -0.25) is 9.97 Å². The van der Waals surface area contributed by atoms with E-state index in [0.717, 1.165) is 65.7 Å². The van der Waals surface area contributed by atoms with Gasteiger partial charge in [0.05, 0.1) is 23.8 Å². The highest BCUT2D eigenvalue weighted by Crippen LogP contribution is 2.30. The molecule has 4 amide bonds. The highest BCUT2D eigenvalue weighted by molar-refractivity contribution is 6.01. The van der Waals surface area contributed by atoms with E-state index in [4.69, 9.17) is 0 Å². The maximum Gasteiger partial charge on any atom is 0.323 e. The number of urea groups is 2. The van der Waals surface area contributed by atoms with Crippen molar-refractivity contribution in [1.82, 2.24) is 9.97 Å². The summed E-state index contributed by atoms with van der Waals surface area (Å²) in [6, 6.07) is 15.3. The third-order valence-electron chi connectivity index (χ3n) is 6.97. The predicted molar refractivity (Wildman–Crippen MR) is 167 cm³/mol. The molecular weight excluding hydrogens is 512 g/mol. The summed E-state index contributed by atoms with van der Waals surface area (Å²) in [6.45, 7) is 8.41. The second-order valence-electron chi connectivity index (χ2n) is 9.81. The number of hydrogen-bond acceptors (Lipinski definition) is 4. The maximum absolute atomic E-state index is 12.8. The van der Waals surface area contributed by atoms with Gasteiger partial charge in [0.15, 0.2) is 0 Å². The first-order chi connectivity index (χ1) is 19.9. The van der Waals surface area contributed by atoms with Crippen molar-refractivity contribution in [3.63, 3.8) is 0 Å². The molecule has 0 aliphatic rings. The molecule has 0 spiro atoms. The molecule has 4 rings (SSSR count). The zero-order chi connectivity index (χ0) is 29.2. The number of benzene rings is 2. The lowest BCUT2D eigenvalue weighted by Gasteiger charge is -2.19. The van der Waals surface area contributed by atoms with Crippen LogP contribution in [0, 0.1) is 0 Å². The first-order valence-electron chi connectivity index (χ1n) is 14.2. The van der Waals surface area contributed by atoms with E-state index in [1.807, 2.05) is 0 Å². The monoisotopic (exact) mass is 550 g/mol. The van der Waals surface area contributed by atoms with Gasteiger partial charge in [0.1, 0.15) is 0 Å². The molecule has 0 bridgehead atoms. The van der Waals surface area contributed by atoms with E-state index in [1.54, 1.807) is 49.1 Å². The second-order valence-corrected chi connectivity index (χ2v) is 9.81. The van der Waals surface area contributed by atoms with Crippen LogP contribution in [0.1, 0.15) is 61.1 Å². The highest BCUT2D eigenvalue weighted by Gasteiger charge is 2.16. The standard InChI is InChI=1S/C33H38N6O2/c1-5-24-16-22(17-25(6-2)30(24)38-32(40)36-28-11-9-13-34-20-28)15-23-18-26(7-3)31(27(8-4)19-23)39-33(41)37-29-12-10-14-35-21-29/h9-14,16-21H,5-8,15H2,1-4H3,(H2,36,38,40)(H2,37,39,41). The Hall–Kier alpha value is -4.72. The first-order valence-corrected chi connectivity index (χ1v) is 14.2. The Morgan fingerprint density at radius 1 is 0.585 bits per heavy atom. The molecule has 212 valence electrons. The third kappa shape index (κ3) is 7.69. The van der Waals surface area contributed by atoms with Gasteiger partial charge in [0, 0.05) is 23.8 Å². The number of nitrogens with one attached hydrogen (secondary N) is 4. The van der Waals surface area contributed by atoms with Gasteiger partial charge in [-0.1, -0.05) is 52.0 Å². The summed E-state index contributed by atoms with van der Waals surface area (Å²) in [4.78, 5) is 33.6. The van der Waals surface area contributed by atoms with Crippen LogP contribution in [0.3, 0.4) is 0 Å². The highest BCUT2D eigenvalue weighted by atomic mass is 16.2. The Morgan fingerprint density at radius 2 is 0.951 bits per heavy atom. The van der Waals surface area contributed by atoms with Gasteiger partial charge in [-0.2, -0.15) is 0 Å². The minimum atomic E-state index is -0.286. The fourth-order valence-corrected chi connectivity index (χ4v) is 4.98. The first kappa shape index (κ1) is 29.3. The number of carbonyl (C=O) groups is 2. The van der Waals surface area contributed by atoms with Crippen molar-refractivity contribution in [3.05, 3.63) is 107 Å². The average Bonchev–Trinajstić information content (AvgIpc) is 2.99. The summed E-state index contributed by atoms with van der Waals surface area (Å²) < 4.78 is 0. The molecule has 41 heavy (non-hydrogen) atoms. The molecular formula is C33H38N6O2. The van der Waals surface area contributed by atoms with Crippen molar-refractivity contribution in [2.24, 2.45) is 0 Å². The number of anilines is 4. The number of rotatable bonds is 10. The van der Waals surface area contributed by atoms with E-state index in [2.05, 4.69) is 83.2 Å². The van der Waals surface area contributed by atoms with Gasteiger partial charge in [-0.05, 0) is 89.8 Å². The van der Waals surface area contributed by atoms with E-state index in [1.165, 1.54) is 11.1 Å². The molecule has 0 aliphatic carbocycles. The zero-order valence-corrected chi connectivity index (χ0v) is 24.2. The SMILES string of the molecule is CCc1cc(Cc2cc(CC)c(NC(=O)Nc3cccnc3)c(CC)c2)cc(CC)c1NC(=O)Nc1cccnc1. The van der Waals surface area contributed by atoms with Gasteiger partial charge in [0.25, 0.3) is 0 Å². The van der Waals surface area contributed by atoms with Gasteiger partial charge >= 0.3 is 12.1 Å². The van der Waals surface area contributed by atoms with Crippen LogP contribution < -0.4 is 21.3 Å². The average molecular weight is 551 g/mol. The van der Waals surface area contributed by atoms with Crippen molar-refractivity contribution in [2.45, 2.75) is 59.8 Å². The number of carbonyl (C=O) groups excluding carboxylic acids is 2. The molecule has 0 saturated carbocycles. The maximum atomic E-state index is 12.8. The largest absolute Gasteiger partial charge is 0.323 e. The molecule has 0 fully saturated rings. The van der Waals surface area contributed by atoms with Crippen LogP contribution in [-0.4, -0.2) is 22.0 Å². The van der Waals surface area contributed by atoms with E-state index in [9.17, 15) is 9.59 Å². The number of aryl methyl sites for hydroxylation is 4. The molecule has 4 aromatic rings. The zero-order valence-electron chi connectivity index (χ0n) is 24.2. The fraction of sp³-hybridized carbons (Fsp3) is 0.273. The molecule has 0 aliphatic heterocycles. The molecule has 2 aromatic heterocycles. The van der Waals surface area contributed by atoms with Gasteiger partial charge in [0.2, 0.25) is 0 Å². The van der Waals surface area contributed by atoms with Crippen LogP contribution in [0.4, 0.5) is 32.3 Å². The third-order valence-corrected chi connectivity index (χ3v) is 6.97. The molecule has 8 nitrogen and oxygen atoms in total. The molecule has 4 N–H and O–H groups in total. The number of nitrogens with zero attached hydrogens (tertiary/aromatic N) is 2. The van der Waals surface area contributed by atoms with Crippen molar-refractivity contribution >= 4 is 34.8 Å². The Balaban J connectivity index is 1.55. The van der Waals surface area contributed by atoms with Crippen LogP contribution in [-0.2, 0) is 32.1 Å². The summed E-state index contributed by atoms with van der Waals surface area (Å²) in [5.41, 5.74) is 9.77. The molecule has 0 atom stereocenters. The minimum absolute atomic E-state index is 0.286. The number of pyridine rings is 2. The molecule has 2 heterocycles. The Morgan fingerprint density at radius 3 is 1.24 bits per heavy atom. The number of amides is 4. The molecule has 0 saturated heterocycles. The van der Waals surface area contributed by atoms with Crippen molar-refractivity contribution in [3.8, 4) is 0 Å². The topological polar surface area (TPSA) is 108 Å². The fourth-order valence-electron chi connectivity index (χ4n) is 4.98. The number of aromatic nitrogens is 2. The summed E-state index contributed by atoms with van der Waals surface area (Å²) in [5, 5.41) is 11.9. The van der Waals surface area contributed by atoms with Crippen molar-refractivity contribution in [2.75, 3.05) is 21.3 Å². The Labute approximate surface area is 242 Å². The normalized spacial score (nSPS) is 10.6. The lowest BCUT2D eigenvalue weighted by atomic mass is 9.92. The smallest absolute Gasteiger partial charge is 0.307 e. The molecule has 8 heteroatoms. The summed E-state index contributed by atoms with van der Waals surface area (Å²) in [7, 11) is 0. The van der Waals surface area contributed by atoms with Crippen LogP contribution >= 0.6 is 0 Å². The molecule has 0 unspecified atom stereocenters. The predicted octanol–water partition coefficient (Wildman–Crippen LogP) is 7.61. The Bertz CT molecular complexity index is 1330. The minimum Gasteiger partial charge on any atom is -0.307 e. The summed E-state index contributed by atoms with van der Waals surface area (Å²) in [5.74, 6) is 0. The van der Waals surface area contributed by atoms with Crippen LogP contribution in [0.5, 0.6) is 0 Å². The van der Waals surface area contributed by atoms with Crippen molar-refractivity contribution in [1.29, 1.82) is 0 Å². The van der Waals surface area contributed by atoms with E-state index in [-0.39, 0.29) is 12.1 Å². The molecule has 0 radical (unpaired) electrons. The lowest BCUT2D eigenvalue weighted by molar-refractivity contribution is 0.261. The number of hydrogen-bond donors (Lipinski definition) is 4. The Kier molecular flexibility index (Phi) is 10.0. The van der Waals surface area contributed by atoms with Crippen LogP contribution in [0.25, 0.3) is 0 Å². The van der Waals surface area contributed by atoms with Gasteiger partial charge < -0.3 is 21.3 Å². The second kappa shape index (κ2) is 14.1. The van der Waals surface area contributed by atoms with Gasteiger partial charge in [-0.15, -0.1) is 0 Å². The van der Waals surface area contributed by atoms with Crippen LogP contribution in [0.2, 0.25) is 0 Å². The quantitative estimate of drug-likeness (QED) is 0.163. The van der Waals surface area contributed by atoms with Gasteiger partial charge in [-0.25, -0.2) is 9.59 Å². The van der Waals surface area contributed by atoms with Crippen molar-refractivity contribution < 1.29 is 9.59 Å².